The highest BCUT2D eigenvalue weighted by atomic mass is 16.8. The Balaban J connectivity index is 1.72. The Kier molecular flexibility index (Phi) is 7.77. The first-order valence-corrected chi connectivity index (χ1v) is 9.04. The van der Waals surface area contributed by atoms with Crippen molar-refractivity contribution < 1.29 is 18.9 Å². The molecule has 4 nitrogen and oxygen atoms in total. The highest BCUT2D eigenvalue weighted by molar-refractivity contribution is 5.26. The van der Waals surface area contributed by atoms with E-state index in [0.717, 1.165) is 43.4 Å². The third-order valence-electron chi connectivity index (χ3n) is 4.32. The van der Waals surface area contributed by atoms with Crippen molar-refractivity contribution in [3.8, 4) is 18.1 Å². The smallest absolute Gasteiger partial charge is 0.163 e. The van der Waals surface area contributed by atoms with Crippen molar-refractivity contribution in [3.63, 3.8) is 0 Å². The van der Waals surface area contributed by atoms with Crippen LogP contribution in [-0.4, -0.2) is 31.7 Å². The first kappa shape index (κ1) is 19.8. The number of rotatable bonds is 10. The maximum Gasteiger partial charge on any atom is 0.163 e. The minimum Gasteiger partial charge on any atom is -0.497 e. The fourth-order valence-corrected chi connectivity index (χ4v) is 3.08. The van der Waals surface area contributed by atoms with Gasteiger partial charge in [0.15, 0.2) is 5.79 Å². The fourth-order valence-electron chi connectivity index (χ4n) is 3.08. The average molecular weight is 346 g/mol. The zero-order valence-electron chi connectivity index (χ0n) is 15.6. The van der Waals surface area contributed by atoms with Gasteiger partial charge in [0, 0.05) is 13.0 Å². The van der Waals surface area contributed by atoms with Crippen LogP contribution in [0.2, 0.25) is 0 Å². The van der Waals surface area contributed by atoms with E-state index in [1.807, 2.05) is 38.1 Å². The Hall–Kier alpha value is -1.54. The Morgan fingerprint density at radius 1 is 1.08 bits per heavy atom. The Morgan fingerprint density at radius 2 is 1.76 bits per heavy atom. The Morgan fingerprint density at radius 3 is 2.40 bits per heavy atom. The van der Waals surface area contributed by atoms with E-state index in [4.69, 9.17) is 25.4 Å². The van der Waals surface area contributed by atoms with Crippen LogP contribution in [0.25, 0.3) is 0 Å². The quantitative estimate of drug-likeness (QED) is 0.467. The zero-order chi connectivity index (χ0) is 18.1. The van der Waals surface area contributed by atoms with Gasteiger partial charge in [-0.3, -0.25) is 0 Å². The summed E-state index contributed by atoms with van der Waals surface area (Å²) in [7, 11) is 1.67. The van der Waals surface area contributed by atoms with Crippen molar-refractivity contribution in [2.75, 3.05) is 13.7 Å². The van der Waals surface area contributed by atoms with Gasteiger partial charge in [-0.1, -0.05) is 12.1 Å². The maximum atomic E-state index is 6.04. The van der Waals surface area contributed by atoms with E-state index < -0.39 is 5.79 Å². The van der Waals surface area contributed by atoms with Crippen molar-refractivity contribution in [1.82, 2.24) is 0 Å². The largest absolute Gasteiger partial charge is 0.497 e. The fraction of sp³-hybridized carbons (Fsp3) is 0.619. The summed E-state index contributed by atoms with van der Waals surface area (Å²) in [6.45, 7) is 5.18. The molecule has 2 atom stereocenters. The van der Waals surface area contributed by atoms with Crippen molar-refractivity contribution in [3.05, 3.63) is 29.8 Å². The van der Waals surface area contributed by atoms with Gasteiger partial charge in [-0.25, -0.2) is 0 Å². The van der Waals surface area contributed by atoms with Crippen molar-refractivity contribution in [2.24, 2.45) is 0 Å². The van der Waals surface area contributed by atoms with Gasteiger partial charge in [-0.15, -0.1) is 12.3 Å². The third-order valence-corrected chi connectivity index (χ3v) is 4.32. The highest BCUT2D eigenvalue weighted by Crippen LogP contribution is 2.32. The van der Waals surface area contributed by atoms with Crippen LogP contribution in [0.3, 0.4) is 0 Å². The topological polar surface area (TPSA) is 36.9 Å². The van der Waals surface area contributed by atoms with E-state index in [1.54, 1.807) is 7.11 Å². The maximum absolute atomic E-state index is 6.04. The number of terminal acetylenes is 1. The van der Waals surface area contributed by atoms with Gasteiger partial charge in [0.05, 0.1) is 25.9 Å². The third kappa shape index (κ3) is 6.70. The van der Waals surface area contributed by atoms with Gasteiger partial charge in [-0.2, -0.15) is 0 Å². The molecule has 4 heteroatoms. The lowest BCUT2D eigenvalue weighted by molar-refractivity contribution is -0.148. The van der Waals surface area contributed by atoms with Crippen LogP contribution in [0.5, 0.6) is 5.75 Å². The standard InChI is InChI=1S/C21H30O4/c1-5-6-7-8-9-19-20(25-21(2,3)24-19)14-15-23-16-17-10-12-18(22-4)13-11-17/h1,10-13,19-20H,6-9,14-16H2,2-4H3/t19-,20-/m0/s1. The summed E-state index contributed by atoms with van der Waals surface area (Å²) in [5.74, 6) is 3.03. The van der Waals surface area contributed by atoms with Crippen molar-refractivity contribution in [2.45, 2.75) is 70.6 Å². The van der Waals surface area contributed by atoms with Crippen LogP contribution in [-0.2, 0) is 20.8 Å². The molecule has 1 fully saturated rings. The van der Waals surface area contributed by atoms with Crippen LogP contribution in [0.1, 0.15) is 51.5 Å². The summed E-state index contributed by atoms with van der Waals surface area (Å²) < 4.78 is 23.1. The van der Waals surface area contributed by atoms with Gasteiger partial charge in [0.2, 0.25) is 0 Å². The van der Waals surface area contributed by atoms with E-state index in [1.165, 1.54) is 0 Å². The normalized spacial score (nSPS) is 21.8. The molecular formula is C21H30O4. The van der Waals surface area contributed by atoms with E-state index in [-0.39, 0.29) is 12.2 Å². The van der Waals surface area contributed by atoms with Gasteiger partial charge in [0.25, 0.3) is 0 Å². The lowest BCUT2D eigenvalue weighted by Gasteiger charge is -2.16. The van der Waals surface area contributed by atoms with Crippen LogP contribution >= 0.6 is 0 Å². The van der Waals surface area contributed by atoms with Crippen molar-refractivity contribution >= 4 is 0 Å². The average Bonchev–Trinajstić information content (AvgIpc) is 2.90. The summed E-state index contributed by atoms with van der Waals surface area (Å²) >= 11 is 0. The molecule has 1 aromatic rings. The van der Waals surface area contributed by atoms with Crippen LogP contribution in [0, 0.1) is 12.3 Å². The second kappa shape index (κ2) is 9.82. The molecule has 0 saturated carbocycles. The highest BCUT2D eigenvalue weighted by Gasteiger charge is 2.40. The molecule has 0 radical (unpaired) electrons. The number of unbranched alkanes of at least 4 members (excludes halogenated alkanes) is 2. The molecule has 0 N–H and O–H groups in total. The molecular weight excluding hydrogens is 316 g/mol. The molecule has 1 aliphatic heterocycles. The first-order valence-electron chi connectivity index (χ1n) is 9.04. The number of ether oxygens (including phenoxy) is 4. The lowest BCUT2D eigenvalue weighted by Crippen LogP contribution is -2.24. The number of hydrogen-bond acceptors (Lipinski definition) is 4. The van der Waals surface area contributed by atoms with Gasteiger partial charge in [-0.05, 0) is 57.2 Å². The molecule has 1 heterocycles. The Bertz CT molecular complexity index is 544. The monoisotopic (exact) mass is 346 g/mol. The van der Waals surface area contributed by atoms with E-state index in [9.17, 15) is 0 Å². The lowest BCUT2D eigenvalue weighted by atomic mass is 10.0. The molecule has 0 bridgehead atoms. The van der Waals surface area contributed by atoms with Crippen LogP contribution < -0.4 is 4.74 Å². The zero-order valence-corrected chi connectivity index (χ0v) is 15.6. The first-order chi connectivity index (χ1) is 12.0. The summed E-state index contributed by atoms with van der Waals surface area (Å²) in [6.07, 6.45) is 10.3. The molecule has 25 heavy (non-hydrogen) atoms. The van der Waals surface area contributed by atoms with Crippen LogP contribution in [0.15, 0.2) is 24.3 Å². The summed E-state index contributed by atoms with van der Waals surface area (Å²) in [4.78, 5) is 0. The number of hydrogen-bond donors (Lipinski definition) is 0. The Labute approximate surface area is 151 Å². The number of benzene rings is 1. The predicted molar refractivity (Wildman–Crippen MR) is 98.4 cm³/mol. The molecule has 1 saturated heterocycles. The molecule has 0 aromatic heterocycles. The molecule has 138 valence electrons. The predicted octanol–water partition coefficient (Wildman–Crippen LogP) is 4.32. The molecule has 0 unspecified atom stereocenters. The van der Waals surface area contributed by atoms with Crippen LogP contribution in [0.4, 0.5) is 0 Å². The van der Waals surface area contributed by atoms with E-state index in [2.05, 4.69) is 5.92 Å². The number of methoxy groups -OCH3 is 1. The van der Waals surface area contributed by atoms with Crippen molar-refractivity contribution in [1.29, 1.82) is 0 Å². The molecule has 2 rings (SSSR count). The minimum atomic E-state index is -0.516. The SMILES string of the molecule is C#CCCCC[C@@H]1OC(C)(C)O[C@H]1CCOCc1ccc(OC)cc1. The molecule has 1 aromatic carbocycles. The van der Waals surface area contributed by atoms with E-state index >= 15 is 0 Å². The van der Waals surface area contributed by atoms with Gasteiger partial charge < -0.3 is 18.9 Å². The summed E-state index contributed by atoms with van der Waals surface area (Å²) in [6, 6.07) is 7.93. The second-order valence-electron chi connectivity index (χ2n) is 6.85. The second-order valence-corrected chi connectivity index (χ2v) is 6.85. The molecule has 0 amide bonds. The molecule has 0 aliphatic carbocycles. The molecule has 1 aliphatic rings. The van der Waals surface area contributed by atoms with Gasteiger partial charge in [0.1, 0.15) is 5.75 Å². The summed E-state index contributed by atoms with van der Waals surface area (Å²) in [5.41, 5.74) is 1.13. The van der Waals surface area contributed by atoms with E-state index in [0.29, 0.717) is 13.2 Å². The summed E-state index contributed by atoms with van der Waals surface area (Å²) in [5, 5.41) is 0. The minimum absolute atomic E-state index is 0.0803. The molecule has 0 spiro atoms. The van der Waals surface area contributed by atoms with Gasteiger partial charge >= 0.3 is 0 Å².